The van der Waals surface area contributed by atoms with Gasteiger partial charge in [0.1, 0.15) is 0 Å². The summed E-state index contributed by atoms with van der Waals surface area (Å²) in [7, 11) is 0. The molecule has 0 aromatic heterocycles. The zero-order valence-electron chi connectivity index (χ0n) is 7.20. The van der Waals surface area contributed by atoms with Crippen LogP contribution in [0.2, 0.25) is 5.02 Å². The van der Waals surface area contributed by atoms with Crippen LogP contribution in [0.25, 0.3) is 0 Å². The molecule has 0 heterocycles. The molecule has 0 N–H and O–H groups in total. The van der Waals surface area contributed by atoms with Crippen molar-refractivity contribution in [1.82, 2.24) is 0 Å². The molecule has 0 saturated heterocycles. The molecule has 0 unspecified atom stereocenters. The molecule has 0 nitrogen and oxygen atoms in total. The standard InChI is InChI=1S/C9H7BrClF3/c1-5(10)7-4-6(9(12,13)14)2-3-8(7)11/h2-5H,1H3/t5-/m0/s1. The predicted molar refractivity (Wildman–Crippen MR) is 53.8 cm³/mol. The van der Waals surface area contributed by atoms with Crippen LogP contribution in [0.4, 0.5) is 13.2 Å². The van der Waals surface area contributed by atoms with Gasteiger partial charge in [-0.2, -0.15) is 13.2 Å². The van der Waals surface area contributed by atoms with Crippen molar-refractivity contribution in [3.63, 3.8) is 0 Å². The minimum Gasteiger partial charge on any atom is -0.166 e. The van der Waals surface area contributed by atoms with Crippen LogP contribution in [-0.4, -0.2) is 0 Å². The van der Waals surface area contributed by atoms with Gasteiger partial charge in [-0.1, -0.05) is 27.5 Å². The maximum absolute atomic E-state index is 12.3. The Morgan fingerprint density at radius 3 is 2.36 bits per heavy atom. The molecule has 0 spiro atoms. The van der Waals surface area contributed by atoms with Gasteiger partial charge in [0.25, 0.3) is 0 Å². The summed E-state index contributed by atoms with van der Waals surface area (Å²) in [6.45, 7) is 1.72. The van der Waals surface area contributed by atoms with E-state index >= 15 is 0 Å². The highest BCUT2D eigenvalue weighted by Crippen LogP contribution is 2.35. The van der Waals surface area contributed by atoms with Gasteiger partial charge in [0.05, 0.1) is 5.56 Å². The molecule has 1 aromatic carbocycles. The van der Waals surface area contributed by atoms with E-state index in [-0.39, 0.29) is 4.83 Å². The van der Waals surface area contributed by atoms with Crippen molar-refractivity contribution in [1.29, 1.82) is 0 Å². The van der Waals surface area contributed by atoms with Crippen molar-refractivity contribution in [2.24, 2.45) is 0 Å². The summed E-state index contributed by atoms with van der Waals surface area (Å²) < 4.78 is 36.9. The highest BCUT2D eigenvalue weighted by molar-refractivity contribution is 9.09. The summed E-state index contributed by atoms with van der Waals surface area (Å²) in [6.07, 6.45) is -4.32. The molecule has 0 amide bonds. The van der Waals surface area contributed by atoms with E-state index in [9.17, 15) is 13.2 Å². The van der Waals surface area contributed by atoms with E-state index < -0.39 is 11.7 Å². The fraction of sp³-hybridized carbons (Fsp3) is 0.333. The fourth-order valence-corrected chi connectivity index (χ4v) is 1.82. The maximum atomic E-state index is 12.3. The van der Waals surface area contributed by atoms with Gasteiger partial charge in [0, 0.05) is 9.85 Å². The molecule has 1 aromatic rings. The molecule has 78 valence electrons. The van der Waals surface area contributed by atoms with Gasteiger partial charge in [0.2, 0.25) is 0 Å². The van der Waals surface area contributed by atoms with Crippen LogP contribution >= 0.6 is 27.5 Å². The Morgan fingerprint density at radius 1 is 1.36 bits per heavy atom. The first-order chi connectivity index (χ1) is 6.32. The number of alkyl halides is 4. The number of hydrogen-bond donors (Lipinski definition) is 0. The number of hydrogen-bond acceptors (Lipinski definition) is 0. The Labute approximate surface area is 93.2 Å². The summed E-state index contributed by atoms with van der Waals surface area (Å²) in [5.41, 5.74) is -0.232. The topological polar surface area (TPSA) is 0 Å². The van der Waals surface area contributed by atoms with Crippen molar-refractivity contribution in [3.8, 4) is 0 Å². The molecular weight excluding hydrogens is 280 g/mol. The molecule has 0 saturated carbocycles. The van der Waals surface area contributed by atoms with Gasteiger partial charge in [-0.15, -0.1) is 0 Å². The van der Waals surface area contributed by atoms with E-state index in [0.29, 0.717) is 10.6 Å². The lowest BCUT2D eigenvalue weighted by molar-refractivity contribution is -0.137. The largest absolute Gasteiger partial charge is 0.416 e. The van der Waals surface area contributed by atoms with Gasteiger partial charge < -0.3 is 0 Å². The van der Waals surface area contributed by atoms with E-state index in [2.05, 4.69) is 15.9 Å². The Hall–Kier alpha value is -0.220. The van der Waals surface area contributed by atoms with E-state index in [1.54, 1.807) is 6.92 Å². The van der Waals surface area contributed by atoms with Crippen molar-refractivity contribution < 1.29 is 13.2 Å². The monoisotopic (exact) mass is 286 g/mol. The Bertz CT molecular complexity index is 333. The van der Waals surface area contributed by atoms with Crippen molar-refractivity contribution in [2.45, 2.75) is 17.9 Å². The molecule has 14 heavy (non-hydrogen) atoms. The molecule has 1 atom stereocenters. The molecular formula is C9H7BrClF3. The van der Waals surface area contributed by atoms with Crippen LogP contribution in [-0.2, 0) is 6.18 Å². The lowest BCUT2D eigenvalue weighted by Gasteiger charge is -2.11. The lowest BCUT2D eigenvalue weighted by Crippen LogP contribution is -2.05. The lowest BCUT2D eigenvalue weighted by atomic mass is 10.1. The Morgan fingerprint density at radius 2 is 1.93 bits per heavy atom. The summed E-state index contributed by atoms with van der Waals surface area (Å²) in [5.74, 6) is 0. The zero-order valence-corrected chi connectivity index (χ0v) is 9.54. The minimum absolute atomic E-state index is 0.197. The Balaban J connectivity index is 3.20. The van der Waals surface area contributed by atoms with Crippen molar-refractivity contribution >= 4 is 27.5 Å². The summed E-state index contributed by atoms with van der Waals surface area (Å²) in [6, 6.07) is 3.29. The third-order valence-electron chi connectivity index (χ3n) is 1.75. The van der Waals surface area contributed by atoms with Crippen molar-refractivity contribution in [3.05, 3.63) is 34.3 Å². The second kappa shape index (κ2) is 4.11. The van der Waals surface area contributed by atoms with Crippen LogP contribution < -0.4 is 0 Å². The number of halogens is 5. The van der Waals surface area contributed by atoms with E-state index in [1.807, 2.05) is 0 Å². The van der Waals surface area contributed by atoms with Crippen LogP contribution in [0.15, 0.2) is 18.2 Å². The van der Waals surface area contributed by atoms with E-state index in [4.69, 9.17) is 11.6 Å². The summed E-state index contributed by atoms with van der Waals surface area (Å²) in [5, 5.41) is 0.336. The SMILES string of the molecule is C[C@H](Br)c1cc(C(F)(F)F)ccc1Cl. The first-order valence-corrected chi connectivity index (χ1v) is 5.12. The smallest absolute Gasteiger partial charge is 0.166 e. The highest BCUT2D eigenvalue weighted by Gasteiger charge is 2.31. The molecule has 0 aliphatic carbocycles. The predicted octanol–water partition coefficient (Wildman–Crippen LogP) is 4.81. The minimum atomic E-state index is -4.32. The van der Waals surface area contributed by atoms with Crippen LogP contribution in [0.3, 0.4) is 0 Å². The Kier molecular flexibility index (Phi) is 3.48. The molecule has 0 fully saturated rings. The molecule has 5 heteroatoms. The molecule has 0 aliphatic heterocycles. The molecule has 0 radical (unpaired) electrons. The molecule has 0 bridgehead atoms. The zero-order chi connectivity index (χ0) is 10.9. The summed E-state index contributed by atoms with van der Waals surface area (Å²) >= 11 is 8.93. The van der Waals surface area contributed by atoms with E-state index in [0.717, 1.165) is 12.1 Å². The summed E-state index contributed by atoms with van der Waals surface area (Å²) in [4.78, 5) is -0.197. The average molecular weight is 288 g/mol. The normalized spacial score (nSPS) is 14.1. The van der Waals surface area contributed by atoms with Gasteiger partial charge in [0.15, 0.2) is 0 Å². The quantitative estimate of drug-likeness (QED) is 0.650. The number of rotatable bonds is 1. The first kappa shape index (κ1) is 11.9. The van der Waals surface area contributed by atoms with Crippen molar-refractivity contribution in [2.75, 3.05) is 0 Å². The van der Waals surface area contributed by atoms with Gasteiger partial charge in [-0.3, -0.25) is 0 Å². The van der Waals surface area contributed by atoms with Crippen LogP contribution in [0.1, 0.15) is 22.9 Å². The van der Waals surface area contributed by atoms with Crippen LogP contribution in [0.5, 0.6) is 0 Å². The third-order valence-corrected chi connectivity index (χ3v) is 2.59. The highest BCUT2D eigenvalue weighted by atomic mass is 79.9. The third kappa shape index (κ3) is 2.64. The molecule has 1 rings (SSSR count). The average Bonchev–Trinajstić information content (AvgIpc) is 2.02. The fourth-order valence-electron chi connectivity index (χ4n) is 1.02. The molecule has 0 aliphatic rings. The second-order valence-electron chi connectivity index (χ2n) is 2.85. The first-order valence-electron chi connectivity index (χ1n) is 3.83. The maximum Gasteiger partial charge on any atom is 0.416 e. The van der Waals surface area contributed by atoms with Gasteiger partial charge in [-0.25, -0.2) is 0 Å². The van der Waals surface area contributed by atoms with Gasteiger partial charge in [-0.05, 0) is 30.7 Å². The van der Waals surface area contributed by atoms with E-state index in [1.165, 1.54) is 6.07 Å². The van der Waals surface area contributed by atoms with Crippen LogP contribution in [0, 0.1) is 0 Å². The second-order valence-corrected chi connectivity index (χ2v) is 4.63. The number of benzene rings is 1. The van der Waals surface area contributed by atoms with Gasteiger partial charge >= 0.3 is 6.18 Å².